The Labute approximate surface area is 157 Å². The molecule has 6 heteroatoms. The molecule has 0 bridgehead atoms. The van der Waals surface area contributed by atoms with Crippen molar-refractivity contribution in [3.8, 4) is 0 Å². The van der Waals surface area contributed by atoms with Crippen molar-refractivity contribution in [3.05, 3.63) is 43.3 Å². The summed E-state index contributed by atoms with van der Waals surface area (Å²) in [5.41, 5.74) is 0.483. The van der Waals surface area contributed by atoms with Crippen molar-refractivity contribution in [2.45, 2.75) is 38.8 Å². The summed E-state index contributed by atoms with van der Waals surface area (Å²) in [5, 5.41) is 10.9. The van der Waals surface area contributed by atoms with Crippen LogP contribution >= 0.6 is 0 Å². The Morgan fingerprint density at radius 1 is 1.46 bits per heavy atom. The molecule has 0 aromatic carbocycles. The van der Waals surface area contributed by atoms with E-state index in [1.807, 2.05) is 23.0 Å². The first-order valence-electron chi connectivity index (χ1n) is 9.56. The van der Waals surface area contributed by atoms with Crippen LogP contribution in [0.25, 0.3) is 0 Å². The van der Waals surface area contributed by atoms with Gasteiger partial charge in [-0.25, -0.2) is 0 Å². The lowest BCUT2D eigenvalue weighted by Crippen LogP contribution is -2.47. The number of nitrogens with zero attached hydrogens (tertiary/aromatic N) is 3. The van der Waals surface area contributed by atoms with Crippen LogP contribution in [0, 0.1) is 5.92 Å². The van der Waals surface area contributed by atoms with Gasteiger partial charge in [0.05, 0.1) is 6.04 Å². The van der Waals surface area contributed by atoms with Crippen LogP contribution in [0.3, 0.4) is 0 Å². The zero-order chi connectivity index (χ0) is 18.9. The van der Waals surface area contributed by atoms with E-state index in [1.165, 1.54) is 0 Å². The number of piperidine rings is 1. The maximum atomic E-state index is 12.5. The van der Waals surface area contributed by atoms with Crippen molar-refractivity contribution in [1.82, 2.24) is 25.3 Å². The minimum Gasteiger partial charge on any atom is -0.349 e. The fourth-order valence-corrected chi connectivity index (χ4v) is 3.47. The van der Waals surface area contributed by atoms with Crippen molar-refractivity contribution in [2.75, 3.05) is 32.7 Å². The van der Waals surface area contributed by atoms with Gasteiger partial charge in [0.1, 0.15) is 5.69 Å². The number of amides is 1. The van der Waals surface area contributed by atoms with E-state index in [1.54, 1.807) is 6.07 Å². The number of aromatic nitrogens is 2. The van der Waals surface area contributed by atoms with E-state index in [9.17, 15) is 4.79 Å². The zero-order valence-electron chi connectivity index (χ0n) is 16.2. The van der Waals surface area contributed by atoms with Crippen LogP contribution in [-0.2, 0) is 0 Å². The van der Waals surface area contributed by atoms with Gasteiger partial charge >= 0.3 is 0 Å². The lowest BCUT2D eigenvalue weighted by molar-refractivity contribution is 0.0920. The molecule has 144 valence electrons. The normalized spacial score (nSPS) is 18.7. The van der Waals surface area contributed by atoms with Gasteiger partial charge in [-0.2, -0.15) is 5.10 Å². The van der Waals surface area contributed by atoms with Crippen LogP contribution in [0.4, 0.5) is 0 Å². The Kier molecular flexibility index (Phi) is 8.06. The molecule has 2 atom stereocenters. The van der Waals surface area contributed by atoms with Crippen LogP contribution in [0.5, 0.6) is 0 Å². The molecule has 1 saturated heterocycles. The molecule has 1 aromatic heterocycles. The maximum Gasteiger partial charge on any atom is 0.271 e. The average Bonchev–Trinajstić information content (AvgIpc) is 3.13. The van der Waals surface area contributed by atoms with E-state index < -0.39 is 0 Å². The fraction of sp³-hybridized carbons (Fsp3) is 0.600. The topological polar surface area (TPSA) is 62.2 Å². The molecule has 2 N–H and O–H groups in total. The van der Waals surface area contributed by atoms with Gasteiger partial charge < -0.3 is 10.6 Å². The molecule has 6 nitrogen and oxygen atoms in total. The zero-order valence-corrected chi connectivity index (χ0v) is 16.2. The van der Waals surface area contributed by atoms with Gasteiger partial charge in [-0.1, -0.05) is 26.0 Å². The largest absolute Gasteiger partial charge is 0.349 e. The van der Waals surface area contributed by atoms with Gasteiger partial charge in [0.25, 0.3) is 5.91 Å². The van der Waals surface area contributed by atoms with Crippen molar-refractivity contribution in [3.63, 3.8) is 0 Å². The molecule has 2 rings (SSSR count). The summed E-state index contributed by atoms with van der Waals surface area (Å²) >= 11 is 0. The molecule has 2 heterocycles. The van der Waals surface area contributed by atoms with Crippen LogP contribution in [0.2, 0.25) is 0 Å². The Balaban J connectivity index is 1.95. The molecule has 0 spiro atoms. The molecular formula is C20H33N5O. The Bertz CT molecular complexity index is 579. The van der Waals surface area contributed by atoms with Gasteiger partial charge in [-0.3, -0.25) is 14.4 Å². The molecule has 1 fully saturated rings. The van der Waals surface area contributed by atoms with Crippen LogP contribution in [0.1, 0.15) is 43.2 Å². The van der Waals surface area contributed by atoms with Crippen molar-refractivity contribution in [2.24, 2.45) is 5.92 Å². The highest BCUT2D eigenvalue weighted by molar-refractivity contribution is 5.92. The summed E-state index contributed by atoms with van der Waals surface area (Å²) in [6, 6.07) is 2.36. The molecule has 0 aliphatic carbocycles. The van der Waals surface area contributed by atoms with E-state index in [0.29, 0.717) is 24.2 Å². The number of carbonyl (C=O) groups is 1. The SMILES string of the molecule is C=CCN(CC=C)C(CNC(=O)c1ccn(C2CCCNC2)n1)C(C)C. The molecule has 26 heavy (non-hydrogen) atoms. The first kappa shape index (κ1) is 20.4. The highest BCUT2D eigenvalue weighted by Gasteiger charge is 2.22. The third-order valence-corrected chi connectivity index (χ3v) is 4.92. The minimum absolute atomic E-state index is 0.115. The summed E-state index contributed by atoms with van der Waals surface area (Å²) < 4.78 is 1.92. The first-order chi connectivity index (χ1) is 12.6. The molecule has 1 aromatic rings. The molecule has 0 radical (unpaired) electrons. The van der Waals surface area contributed by atoms with Crippen LogP contribution in [0.15, 0.2) is 37.6 Å². The van der Waals surface area contributed by atoms with E-state index >= 15 is 0 Å². The van der Waals surface area contributed by atoms with E-state index in [2.05, 4.69) is 47.6 Å². The van der Waals surface area contributed by atoms with Crippen molar-refractivity contribution in [1.29, 1.82) is 0 Å². The first-order valence-corrected chi connectivity index (χ1v) is 9.56. The molecule has 1 amide bonds. The highest BCUT2D eigenvalue weighted by atomic mass is 16.1. The molecule has 2 unspecified atom stereocenters. The third-order valence-electron chi connectivity index (χ3n) is 4.92. The smallest absolute Gasteiger partial charge is 0.271 e. The number of carbonyl (C=O) groups excluding carboxylic acids is 1. The quantitative estimate of drug-likeness (QED) is 0.629. The molecule has 1 aliphatic heterocycles. The van der Waals surface area contributed by atoms with Gasteiger partial charge in [0.2, 0.25) is 0 Å². The van der Waals surface area contributed by atoms with Gasteiger partial charge in [0.15, 0.2) is 0 Å². The van der Waals surface area contributed by atoms with Crippen LogP contribution in [-0.4, -0.2) is 59.4 Å². The Hall–Kier alpha value is -1.92. The summed E-state index contributed by atoms with van der Waals surface area (Å²) in [6.07, 6.45) is 7.93. The second-order valence-corrected chi connectivity index (χ2v) is 7.23. The van der Waals surface area contributed by atoms with E-state index in [-0.39, 0.29) is 11.9 Å². The summed E-state index contributed by atoms with van der Waals surface area (Å²) in [7, 11) is 0. The number of hydrogen-bond donors (Lipinski definition) is 2. The molecule has 0 saturated carbocycles. The predicted molar refractivity (Wildman–Crippen MR) is 106 cm³/mol. The summed E-state index contributed by atoms with van der Waals surface area (Å²) in [5.74, 6) is 0.288. The predicted octanol–water partition coefficient (Wildman–Crippen LogP) is 2.24. The molecule has 1 aliphatic rings. The number of nitrogens with one attached hydrogen (secondary N) is 2. The Morgan fingerprint density at radius 2 is 2.19 bits per heavy atom. The average molecular weight is 360 g/mol. The third kappa shape index (κ3) is 5.54. The lowest BCUT2D eigenvalue weighted by atomic mass is 10.0. The summed E-state index contributed by atoms with van der Waals surface area (Å²) in [4.78, 5) is 14.8. The monoisotopic (exact) mass is 359 g/mol. The maximum absolute atomic E-state index is 12.5. The molecular weight excluding hydrogens is 326 g/mol. The van der Waals surface area contributed by atoms with Crippen molar-refractivity contribution < 1.29 is 4.79 Å². The second kappa shape index (κ2) is 10.3. The van der Waals surface area contributed by atoms with E-state index in [4.69, 9.17) is 0 Å². The fourth-order valence-electron chi connectivity index (χ4n) is 3.47. The van der Waals surface area contributed by atoms with Crippen molar-refractivity contribution >= 4 is 5.91 Å². The highest BCUT2D eigenvalue weighted by Crippen LogP contribution is 2.16. The van der Waals surface area contributed by atoms with Gasteiger partial charge in [0, 0.05) is 38.4 Å². The Morgan fingerprint density at radius 3 is 2.77 bits per heavy atom. The van der Waals surface area contributed by atoms with Gasteiger partial charge in [-0.05, 0) is 31.4 Å². The van der Waals surface area contributed by atoms with Gasteiger partial charge in [-0.15, -0.1) is 13.2 Å². The standard InChI is InChI=1S/C20H33N5O/c1-5-11-24(12-6-2)19(16(3)4)15-22-20(26)18-9-13-25(23-18)17-8-7-10-21-14-17/h5-6,9,13,16-17,19,21H,1-2,7-8,10-12,14-15H2,3-4H3,(H,22,26). The number of rotatable bonds is 10. The lowest BCUT2D eigenvalue weighted by Gasteiger charge is -2.33. The second-order valence-electron chi connectivity index (χ2n) is 7.23. The summed E-state index contributed by atoms with van der Waals surface area (Å²) in [6.45, 7) is 16.1. The van der Waals surface area contributed by atoms with Crippen LogP contribution < -0.4 is 10.6 Å². The number of hydrogen-bond acceptors (Lipinski definition) is 4. The van der Waals surface area contributed by atoms with E-state index in [0.717, 1.165) is 39.0 Å². The minimum atomic E-state index is -0.115.